The third-order valence-electron chi connectivity index (χ3n) is 3.75. The van der Waals surface area contributed by atoms with Crippen LogP contribution in [0.2, 0.25) is 0 Å². The zero-order chi connectivity index (χ0) is 13.3. The molecule has 1 aliphatic heterocycles. The van der Waals surface area contributed by atoms with Crippen molar-refractivity contribution in [3.8, 4) is 0 Å². The van der Waals surface area contributed by atoms with E-state index >= 15 is 0 Å². The summed E-state index contributed by atoms with van der Waals surface area (Å²) in [4.78, 5) is 10.5. The van der Waals surface area contributed by atoms with Gasteiger partial charge in [0.25, 0.3) is 0 Å². The number of hydrogen-bond donors (Lipinski definition) is 1. The van der Waals surface area contributed by atoms with E-state index in [1.165, 1.54) is 0 Å². The highest BCUT2D eigenvalue weighted by Gasteiger charge is 2.42. The molecule has 1 N–H and O–H groups in total. The Labute approximate surface area is 106 Å². The maximum atomic E-state index is 10.9. The molecule has 0 bridgehead atoms. The molecule has 0 amide bonds. The Balaban J connectivity index is 1.92. The zero-order valence-electron chi connectivity index (χ0n) is 10.9. The van der Waals surface area contributed by atoms with Gasteiger partial charge in [0.15, 0.2) is 6.29 Å². The summed E-state index contributed by atoms with van der Waals surface area (Å²) >= 11 is 0. The minimum atomic E-state index is -0.883. The summed E-state index contributed by atoms with van der Waals surface area (Å²) in [6, 6.07) is -0.883. The lowest BCUT2D eigenvalue weighted by molar-refractivity contribution is -0.541. The highest BCUT2D eigenvalue weighted by molar-refractivity contribution is 4.83. The van der Waals surface area contributed by atoms with Crippen molar-refractivity contribution >= 4 is 0 Å². The van der Waals surface area contributed by atoms with E-state index in [0.29, 0.717) is 26.1 Å². The standard InChI is InChI=1S/C12H21NO5/c1-12(2)6-17-11(18-7-12)8-3-4-10(14)9(5-8)13(15)16/h8-11,14H,3-7H2,1-2H3. The first kappa shape index (κ1) is 13.7. The van der Waals surface area contributed by atoms with Crippen molar-refractivity contribution in [3.63, 3.8) is 0 Å². The van der Waals surface area contributed by atoms with Gasteiger partial charge in [0.05, 0.1) is 13.2 Å². The molecule has 1 aliphatic carbocycles. The van der Waals surface area contributed by atoms with Gasteiger partial charge in [-0.05, 0) is 12.8 Å². The molecule has 18 heavy (non-hydrogen) atoms. The summed E-state index contributed by atoms with van der Waals surface area (Å²) in [5.74, 6) is 0.0138. The number of aliphatic hydroxyl groups is 1. The van der Waals surface area contributed by atoms with Gasteiger partial charge in [-0.15, -0.1) is 0 Å². The third kappa shape index (κ3) is 2.99. The average Bonchev–Trinajstić information content (AvgIpc) is 2.30. The largest absolute Gasteiger partial charge is 0.386 e. The molecule has 0 aromatic carbocycles. The lowest BCUT2D eigenvalue weighted by Crippen LogP contribution is -2.47. The van der Waals surface area contributed by atoms with Crippen LogP contribution in [-0.4, -0.2) is 41.7 Å². The number of aliphatic hydroxyl groups excluding tert-OH is 1. The molecule has 6 nitrogen and oxygen atoms in total. The van der Waals surface area contributed by atoms with E-state index in [-0.39, 0.29) is 22.5 Å². The Morgan fingerprint density at radius 2 is 1.89 bits per heavy atom. The second kappa shape index (κ2) is 5.11. The Hall–Kier alpha value is -0.720. The summed E-state index contributed by atoms with van der Waals surface area (Å²) in [7, 11) is 0. The third-order valence-corrected chi connectivity index (χ3v) is 3.75. The van der Waals surface area contributed by atoms with E-state index in [1.807, 2.05) is 0 Å². The van der Waals surface area contributed by atoms with E-state index in [2.05, 4.69) is 13.8 Å². The lowest BCUT2D eigenvalue weighted by atomic mass is 9.83. The van der Waals surface area contributed by atoms with Gasteiger partial charge in [0.2, 0.25) is 6.04 Å². The van der Waals surface area contributed by atoms with Gasteiger partial charge in [-0.1, -0.05) is 13.8 Å². The fourth-order valence-electron chi connectivity index (χ4n) is 2.61. The number of ether oxygens (including phenoxy) is 2. The van der Waals surface area contributed by atoms with Crippen molar-refractivity contribution < 1.29 is 19.5 Å². The molecule has 0 aromatic rings. The molecular weight excluding hydrogens is 238 g/mol. The first-order chi connectivity index (χ1) is 8.39. The number of nitro groups is 1. The highest BCUT2D eigenvalue weighted by atomic mass is 16.7. The minimum Gasteiger partial charge on any atom is -0.386 e. The predicted octanol–water partition coefficient (Wildman–Crippen LogP) is 1.19. The molecule has 2 aliphatic rings. The second-order valence-electron chi connectivity index (χ2n) is 6.15. The van der Waals surface area contributed by atoms with Gasteiger partial charge in [0, 0.05) is 22.7 Å². The van der Waals surface area contributed by atoms with Gasteiger partial charge in [-0.25, -0.2) is 0 Å². The maximum Gasteiger partial charge on any atom is 0.239 e. The second-order valence-corrected chi connectivity index (χ2v) is 6.15. The number of rotatable bonds is 2. The average molecular weight is 259 g/mol. The first-order valence-electron chi connectivity index (χ1n) is 6.44. The van der Waals surface area contributed by atoms with Crippen LogP contribution in [0.25, 0.3) is 0 Å². The zero-order valence-corrected chi connectivity index (χ0v) is 10.9. The van der Waals surface area contributed by atoms with Crippen molar-refractivity contribution in [3.05, 3.63) is 10.1 Å². The SMILES string of the molecule is CC1(C)COC(C2CCC(O)C([N+](=O)[O-])C2)OC1. The summed E-state index contributed by atoms with van der Waals surface area (Å²) in [6.07, 6.45) is 0.308. The maximum absolute atomic E-state index is 10.9. The Kier molecular flexibility index (Phi) is 3.89. The van der Waals surface area contributed by atoms with Crippen molar-refractivity contribution in [1.29, 1.82) is 0 Å². The summed E-state index contributed by atoms with van der Waals surface area (Å²) in [5, 5.41) is 20.5. The van der Waals surface area contributed by atoms with Gasteiger partial charge < -0.3 is 14.6 Å². The predicted molar refractivity (Wildman–Crippen MR) is 63.6 cm³/mol. The van der Waals surface area contributed by atoms with E-state index in [4.69, 9.17) is 9.47 Å². The molecule has 6 heteroatoms. The molecule has 1 saturated heterocycles. The molecule has 0 aromatic heterocycles. The van der Waals surface area contributed by atoms with Crippen LogP contribution in [0.15, 0.2) is 0 Å². The normalized spacial score (nSPS) is 37.4. The van der Waals surface area contributed by atoms with Crippen molar-refractivity contribution in [2.45, 2.75) is 51.5 Å². The molecule has 1 heterocycles. The van der Waals surface area contributed by atoms with Crippen molar-refractivity contribution in [2.75, 3.05) is 13.2 Å². The van der Waals surface area contributed by atoms with Crippen LogP contribution in [0.5, 0.6) is 0 Å². The van der Waals surface area contributed by atoms with Gasteiger partial charge in [0.1, 0.15) is 6.10 Å². The van der Waals surface area contributed by atoms with Crippen LogP contribution in [0.1, 0.15) is 33.1 Å². The smallest absolute Gasteiger partial charge is 0.239 e. The Morgan fingerprint density at radius 3 is 2.44 bits per heavy atom. The van der Waals surface area contributed by atoms with Gasteiger partial charge in [-0.2, -0.15) is 0 Å². The Bertz CT molecular complexity index is 310. The topological polar surface area (TPSA) is 81.8 Å². The monoisotopic (exact) mass is 259 g/mol. The van der Waals surface area contributed by atoms with Crippen LogP contribution in [0.3, 0.4) is 0 Å². The van der Waals surface area contributed by atoms with Crippen molar-refractivity contribution in [2.24, 2.45) is 11.3 Å². The van der Waals surface area contributed by atoms with Crippen LogP contribution >= 0.6 is 0 Å². The number of hydrogen-bond acceptors (Lipinski definition) is 5. The van der Waals surface area contributed by atoms with E-state index in [0.717, 1.165) is 6.42 Å². The fourth-order valence-corrected chi connectivity index (χ4v) is 2.61. The minimum absolute atomic E-state index is 0.00713. The van der Waals surface area contributed by atoms with Crippen LogP contribution in [-0.2, 0) is 9.47 Å². The fraction of sp³-hybridized carbons (Fsp3) is 1.00. The molecule has 1 saturated carbocycles. The van der Waals surface area contributed by atoms with Crippen LogP contribution in [0, 0.1) is 21.4 Å². The van der Waals surface area contributed by atoms with Gasteiger partial charge >= 0.3 is 0 Å². The van der Waals surface area contributed by atoms with Crippen LogP contribution < -0.4 is 0 Å². The molecule has 0 spiro atoms. The van der Waals surface area contributed by atoms with Crippen molar-refractivity contribution in [1.82, 2.24) is 0 Å². The highest BCUT2D eigenvalue weighted by Crippen LogP contribution is 2.34. The molecule has 2 rings (SSSR count). The molecule has 3 atom stereocenters. The van der Waals surface area contributed by atoms with Gasteiger partial charge in [-0.3, -0.25) is 10.1 Å². The van der Waals surface area contributed by atoms with E-state index in [1.54, 1.807) is 0 Å². The summed E-state index contributed by atoms with van der Waals surface area (Å²) < 4.78 is 11.3. The van der Waals surface area contributed by atoms with Crippen LogP contribution in [0.4, 0.5) is 0 Å². The summed E-state index contributed by atoms with van der Waals surface area (Å²) in [6.45, 7) is 5.35. The van der Waals surface area contributed by atoms with E-state index in [9.17, 15) is 15.2 Å². The number of nitrogens with zero attached hydrogens (tertiary/aromatic N) is 1. The lowest BCUT2D eigenvalue weighted by Gasteiger charge is -2.40. The first-order valence-corrected chi connectivity index (χ1v) is 6.44. The molecule has 3 unspecified atom stereocenters. The molecule has 104 valence electrons. The molecule has 0 radical (unpaired) electrons. The molecule has 2 fully saturated rings. The molecular formula is C12H21NO5. The summed E-state index contributed by atoms with van der Waals surface area (Å²) in [5.41, 5.74) is 0.00713. The van der Waals surface area contributed by atoms with E-state index < -0.39 is 12.1 Å². The Morgan fingerprint density at radius 1 is 1.28 bits per heavy atom. The quantitative estimate of drug-likeness (QED) is 0.595.